The average molecular weight is 392 g/mol. The number of carboxylic acids is 1. The summed E-state index contributed by atoms with van der Waals surface area (Å²) < 4.78 is 0. The van der Waals surface area contributed by atoms with Crippen LogP contribution in [0.4, 0.5) is 0 Å². The van der Waals surface area contributed by atoms with Crippen LogP contribution in [-0.2, 0) is 9.59 Å². The number of allylic oxidation sites excluding steroid dienone is 4. The van der Waals surface area contributed by atoms with Gasteiger partial charge >= 0.3 is 5.97 Å². The first kappa shape index (κ1) is 24.5. The van der Waals surface area contributed by atoms with Crippen molar-refractivity contribution in [3.63, 3.8) is 0 Å². The number of aliphatic carboxylic acids is 1. The summed E-state index contributed by atoms with van der Waals surface area (Å²) in [6, 6.07) is 0. The molecular formula is C24H41NO3. The van der Waals surface area contributed by atoms with E-state index in [1.54, 1.807) is 4.90 Å². The van der Waals surface area contributed by atoms with Crippen molar-refractivity contribution >= 4 is 11.9 Å². The van der Waals surface area contributed by atoms with E-state index in [1.165, 1.54) is 44.9 Å². The van der Waals surface area contributed by atoms with E-state index in [0.717, 1.165) is 38.6 Å². The molecule has 1 atom stereocenters. The second-order valence-electron chi connectivity index (χ2n) is 8.00. The first-order valence-electron chi connectivity index (χ1n) is 11.5. The molecule has 1 aliphatic rings. The van der Waals surface area contributed by atoms with Gasteiger partial charge in [0.1, 0.15) is 0 Å². The summed E-state index contributed by atoms with van der Waals surface area (Å²) in [4.78, 5) is 25.1. The van der Waals surface area contributed by atoms with Crippen LogP contribution in [0.15, 0.2) is 24.3 Å². The van der Waals surface area contributed by atoms with Crippen molar-refractivity contribution < 1.29 is 14.7 Å². The van der Waals surface area contributed by atoms with Crippen LogP contribution >= 0.6 is 0 Å². The second kappa shape index (κ2) is 16.4. The zero-order chi connectivity index (χ0) is 20.5. The molecule has 0 aromatic carbocycles. The van der Waals surface area contributed by atoms with Gasteiger partial charge in [-0.2, -0.15) is 0 Å². The summed E-state index contributed by atoms with van der Waals surface area (Å²) in [5.74, 6) is -1.01. The van der Waals surface area contributed by atoms with Crippen LogP contribution in [0.25, 0.3) is 0 Å². The van der Waals surface area contributed by atoms with Gasteiger partial charge in [-0.1, -0.05) is 63.3 Å². The van der Waals surface area contributed by atoms with Crippen molar-refractivity contribution in [2.75, 3.05) is 13.1 Å². The smallest absolute Gasteiger partial charge is 0.308 e. The Bertz CT molecular complexity index is 484. The molecule has 1 heterocycles. The molecule has 0 bridgehead atoms. The van der Waals surface area contributed by atoms with Gasteiger partial charge < -0.3 is 10.0 Å². The quantitative estimate of drug-likeness (QED) is 0.270. The molecule has 0 aromatic rings. The van der Waals surface area contributed by atoms with Gasteiger partial charge in [-0.15, -0.1) is 0 Å². The Morgan fingerprint density at radius 2 is 1.57 bits per heavy atom. The zero-order valence-electron chi connectivity index (χ0n) is 17.9. The lowest BCUT2D eigenvalue weighted by atomic mass is 9.98. The summed E-state index contributed by atoms with van der Waals surface area (Å²) in [6.07, 6.45) is 24.1. The van der Waals surface area contributed by atoms with Crippen molar-refractivity contribution in [2.45, 2.75) is 96.8 Å². The van der Waals surface area contributed by atoms with E-state index in [9.17, 15) is 9.59 Å². The van der Waals surface area contributed by atoms with Gasteiger partial charge in [0.15, 0.2) is 0 Å². The number of likely N-dealkylation sites (tertiary alicyclic amines) is 1. The summed E-state index contributed by atoms with van der Waals surface area (Å²) in [6.45, 7) is 3.36. The van der Waals surface area contributed by atoms with E-state index in [0.29, 0.717) is 19.4 Å². The van der Waals surface area contributed by atoms with Crippen LogP contribution in [-0.4, -0.2) is 35.0 Å². The minimum atomic E-state index is -0.769. The third-order valence-corrected chi connectivity index (χ3v) is 5.46. The van der Waals surface area contributed by atoms with Gasteiger partial charge in [0.05, 0.1) is 5.92 Å². The number of hydrogen-bond acceptors (Lipinski definition) is 2. The number of piperidine rings is 1. The van der Waals surface area contributed by atoms with E-state index < -0.39 is 5.97 Å². The van der Waals surface area contributed by atoms with Crippen LogP contribution in [0.2, 0.25) is 0 Å². The Morgan fingerprint density at radius 1 is 0.929 bits per heavy atom. The number of unbranched alkanes of at least 4 members (excludes halogenated alkanes) is 8. The number of rotatable bonds is 15. The van der Waals surface area contributed by atoms with E-state index in [4.69, 9.17) is 5.11 Å². The predicted octanol–water partition coefficient (Wildman–Crippen LogP) is 6.12. The molecule has 0 spiro atoms. The molecular weight excluding hydrogens is 350 g/mol. The molecule has 0 saturated carbocycles. The summed E-state index contributed by atoms with van der Waals surface area (Å²) in [5.41, 5.74) is 0. The fourth-order valence-corrected chi connectivity index (χ4v) is 3.65. The monoisotopic (exact) mass is 391 g/mol. The molecule has 1 unspecified atom stereocenters. The summed E-state index contributed by atoms with van der Waals surface area (Å²) in [5, 5.41) is 9.11. The van der Waals surface area contributed by atoms with Crippen molar-refractivity contribution in [1.82, 2.24) is 4.90 Å². The third kappa shape index (κ3) is 12.0. The number of carbonyl (C=O) groups is 2. The standard InChI is InChI=1S/C24H41NO3/c1-2-3-4-5-6-7-8-9-10-11-12-13-14-15-16-19-23(26)25-20-17-18-22(21-25)24(27)28/h6-7,9-10,22H,2-5,8,11-21H2,1H3,(H,27,28)/b7-6+,10-9+. The summed E-state index contributed by atoms with van der Waals surface area (Å²) >= 11 is 0. The van der Waals surface area contributed by atoms with Crippen LogP contribution in [0.3, 0.4) is 0 Å². The van der Waals surface area contributed by atoms with E-state index >= 15 is 0 Å². The van der Waals surface area contributed by atoms with Gasteiger partial charge in [-0.05, 0) is 51.4 Å². The topological polar surface area (TPSA) is 57.6 Å². The molecule has 4 nitrogen and oxygen atoms in total. The van der Waals surface area contributed by atoms with Crippen molar-refractivity contribution in [3.8, 4) is 0 Å². The third-order valence-electron chi connectivity index (χ3n) is 5.46. The maximum Gasteiger partial charge on any atom is 0.308 e. The Hall–Kier alpha value is -1.58. The van der Waals surface area contributed by atoms with Crippen LogP contribution < -0.4 is 0 Å². The highest BCUT2D eigenvalue weighted by Gasteiger charge is 2.27. The minimum absolute atomic E-state index is 0.136. The zero-order valence-corrected chi connectivity index (χ0v) is 17.9. The molecule has 0 aliphatic carbocycles. The highest BCUT2D eigenvalue weighted by Crippen LogP contribution is 2.18. The molecule has 160 valence electrons. The molecule has 1 aliphatic heterocycles. The van der Waals surface area contributed by atoms with Gasteiger partial charge in [0.2, 0.25) is 5.91 Å². The summed E-state index contributed by atoms with van der Waals surface area (Å²) in [7, 11) is 0. The molecule has 1 N–H and O–H groups in total. The Kier molecular flexibility index (Phi) is 14.3. The van der Waals surface area contributed by atoms with Gasteiger partial charge in [0.25, 0.3) is 0 Å². The van der Waals surface area contributed by atoms with E-state index in [2.05, 4.69) is 31.2 Å². The molecule has 1 rings (SSSR count). The van der Waals surface area contributed by atoms with Gasteiger partial charge in [0, 0.05) is 19.5 Å². The first-order chi connectivity index (χ1) is 13.6. The Morgan fingerprint density at radius 3 is 2.25 bits per heavy atom. The van der Waals surface area contributed by atoms with Gasteiger partial charge in [-0.25, -0.2) is 0 Å². The molecule has 4 heteroatoms. The molecule has 1 saturated heterocycles. The van der Waals surface area contributed by atoms with Crippen LogP contribution in [0.5, 0.6) is 0 Å². The second-order valence-corrected chi connectivity index (χ2v) is 8.00. The largest absolute Gasteiger partial charge is 0.481 e. The maximum absolute atomic E-state index is 12.2. The van der Waals surface area contributed by atoms with Crippen LogP contribution in [0.1, 0.15) is 96.8 Å². The lowest BCUT2D eigenvalue weighted by molar-refractivity contribution is -0.145. The number of amides is 1. The van der Waals surface area contributed by atoms with Crippen LogP contribution in [0, 0.1) is 5.92 Å². The molecule has 28 heavy (non-hydrogen) atoms. The number of carboxylic acid groups (broad SMARTS) is 1. The minimum Gasteiger partial charge on any atom is -0.481 e. The first-order valence-corrected chi connectivity index (χ1v) is 11.5. The Labute approximate surface area is 172 Å². The molecule has 1 amide bonds. The average Bonchev–Trinajstić information content (AvgIpc) is 2.70. The molecule has 0 aromatic heterocycles. The van der Waals surface area contributed by atoms with Crippen molar-refractivity contribution in [2.24, 2.45) is 5.92 Å². The lowest BCUT2D eigenvalue weighted by Gasteiger charge is -2.30. The highest BCUT2D eigenvalue weighted by molar-refractivity contribution is 5.78. The predicted molar refractivity (Wildman–Crippen MR) is 116 cm³/mol. The lowest BCUT2D eigenvalue weighted by Crippen LogP contribution is -2.42. The van der Waals surface area contributed by atoms with E-state index in [1.807, 2.05) is 0 Å². The molecule has 0 radical (unpaired) electrons. The highest BCUT2D eigenvalue weighted by atomic mass is 16.4. The van der Waals surface area contributed by atoms with Gasteiger partial charge in [-0.3, -0.25) is 9.59 Å². The van der Waals surface area contributed by atoms with Crippen molar-refractivity contribution in [3.05, 3.63) is 24.3 Å². The van der Waals surface area contributed by atoms with Crippen molar-refractivity contribution in [1.29, 1.82) is 0 Å². The fraction of sp³-hybridized carbons (Fsp3) is 0.750. The number of nitrogens with zero attached hydrogens (tertiary/aromatic N) is 1. The Balaban J connectivity index is 1.94. The number of carbonyl (C=O) groups excluding carboxylic acids is 1. The normalized spacial score (nSPS) is 17.6. The maximum atomic E-state index is 12.2. The van der Waals surface area contributed by atoms with E-state index in [-0.39, 0.29) is 11.8 Å². The SMILES string of the molecule is CCCCC/C=C/C/C=C/CCCCCCCC(=O)N1CCCC(C(=O)O)C1. The molecule has 1 fully saturated rings. The fourth-order valence-electron chi connectivity index (χ4n) is 3.65. The number of hydrogen-bond donors (Lipinski definition) is 1.